The van der Waals surface area contributed by atoms with E-state index in [4.69, 9.17) is 0 Å². The molecule has 0 aromatic heterocycles. The van der Waals surface area contributed by atoms with Crippen LogP contribution in [0.1, 0.15) is 46.0 Å². The molecular weight excluding hydrogens is 287 g/mol. The number of unbranched alkanes of at least 4 members (excludes halogenated alkanes) is 3. The minimum absolute atomic E-state index is 0.189. The maximum atomic E-state index is 14.0. The Balaban J connectivity index is 2.29. The summed E-state index contributed by atoms with van der Waals surface area (Å²) in [6.45, 7) is 4.38. The van der Waals surface area contributed by atoms with Crippen LogP contribution in [-0.2, 0) is 4.57 Å². The maximum absolute atomic E-state index is 14.0. The molecule has 0 saturated heterocycles. The van der Waals surface area contributed by atoms with Gasteiger partial charge in [0.25, 0.3) is 0 Å². The zero-order chi connectivity index (χ0) is 15.8. The van der Waals surface area contributed by atoms with Crippen LogP contribution in [0.2, 0.25) is 0 Å². The fourth-order valence-electron chi connectivity index (χ4n) is 3.01. The van der Waals surface area contributed by atoms with Gasteiger partial charge < -0.3 is 4.57 Å². The average Bonchev–Trinajstić information content (AvgIpc) is 2.59. The third kappa shape index (κ3) is 3.90. The first kappa shape index (κ1) is 17.0. The molecule has 0 spiro atoms. The van der Waals surface area contributed by atoms with Crippen molar-refractivity contribution in [3.05, 3.63) is 60.7 Å². The number of hydrogen-bond donors (Lipinski definition) is 0. The third-order valence-electron chi connectivity index (χ3n) is 4.38. The van der Waals surface area contributed by atoms with E-state index in [1.165, 1.54) is 25.7 Å². The Bertz CT molecular complexity index is 548. The Labute approximate surface area is 135 Å². The van der Waals surface area contributed by atoms with E-state index in [9.17, 15) is 4.57 Å². The summed E-state index contributed by atoms with van der Waals surface area (Å²) in [5, 5.41) is 1.98. The highest BCUT2D eigenvalue weighted by atomic mass is 31.2. The Morgan fingerprint density at radius 3 is 1.77 bits per heavy atom. The molecule has 2 aromatic rings. The van der Waals surface area contributed by atoms with E-state index >= 15 is 0 Å². The van der Waals surface area contributed by atoms with Crippen LogP contribution in [0.4, 0.5) is 0 Å². The summed E-state index contributed by atoms with van der Waals surface area (Å²) in [6.07, 6.45) is 5.95. The molecule has 0 aliphatic carbocycles. The minimum Gasteiger partial charge on any atom is -0.313 e. The van der Waals surface area contributed by atoms with Gasteiger partial charge >= 0.3 is 0 Å². The first-order valence-corrected chi connectivity index (χ1v) is 10.2. The molecule has 22 heavy (non-hydrogen) atoms. The van der Waals surface area contributed by atoms with Crippen molar-refractivity contribution in [1.29, 1.82) is 0 Å². The van der Waals surface area contributed by atoms with Gasteiger partial charge in [0.05, 0.1) is 0 Å². The lowest BCUT2D eigenvalue weighted by atomic mass is 10.1. The Morgan fingerprint density at radius 2 is 1.32 bits per heavy atom. The lowest BCUT2D eigenvalue weighted by molar-refractivity contribution is 0.565. The normalized spacial score (nSPS) is 13.0. The molecule has 0 unspecified atom stereocenters. The zero-order valence-electron chi connectivity index (χ0n) is 13.7. The molecule has 0 saturated carbocycles. The summed E-state index contributed by atoms with van der Waals surface area (Å²) < 4.78 is 14.0. The van der Waals surface area contributed by atoms with E-state index in [1.807, 2.05) is 60.7 Å². The summed E-state index contributed by atoms with van der Waals surface area (Å²) >= 11 is 0. The van der Waals surface area contributed by atoms with Gasteiger partial charge in [0, 0.05) is 16.3 Å². The number of rotatable bonds is 8. The van der Waals surface area contributed by atoms with Gasteiger partial charge in [-0.2, -0.15) is 0 Å². The maximum Gasteiger partial charge on any atom is 0.145 e. The Kier molecular flexibility index (Phi) is 6.46. The van der Waals surface area contributed by atoms with Crippen molar-refractivity contribution >= 4 is 17.8 Å². The van der Waals surface area contributed by atoms with Crippen molar-refractivity contribution in [2.75, 3.05) is 0 Å². The highest BCUT2D eigenvalue weighted by Gasteiger charge is 2.32. The Morgan fingerprint density at radius 1 is 0.818 bits per heavy atom. The first-order valence-electron chi connectivity index (χ1n) is 8.40. The second kappa shape index (κ2) is 8.34. The third-order valence-corrected chi connectivity index (χ3v) is 8.01. The molecule has 0 heterocycles. The molecule has 1 nitrogen and oxygen atoms in total. The van der Waals surface area contributed by atoms with Crippen molar-refractivity contribution in [3.8, 4) is 0 Å². The van der Waals surface area contributed by atoms with Crippen LogP contribution in [0.5, 0.6) is 0 Å². The van der Waals surface area contributed by atoms with Gasteiger partial charge in [0.2, 0.25) is 0 Å². The van der Waals surface area contributed by atoms with E-state index < -0.39 is 7.14 Å². The topological polar surface area (TPSA) is 17.1 Å². The van der Waals surface area contributed by atoms with Gasteiger partial charge in [-0.15, -0.1) is 0 Å². The van der Waals surface area contributed by atoms with Crippen LogP contribution in [-0.4, -0.2) is 5.66 Å². The zero-order valence-corrected chi connectivity index (χ0v) is 14.6. The number of benzene rings is 2. The monoisotopic (exact) mass is 314 g/mol. The van der Waals surface area contributed by atoms with Crippen LogP contribution in [0.3, 0.4) is 0 Å². The molecule has 118 valence electrons. The Hall–Kier alpha value is -1.33. The highest BCUT2D eigenvalue weighted by Crippen LogP contribution is 2.50. The van der Waals surface area contributed by atoms with Crippen molar-refractivity contribution in [2.45, 2.75) is 51.6 Å². The lowest BCUT2D eigenvalue weighted by Gasteiger charge is -2.26. The van der Waals surface area contributed by atoms with Crippen molar-refractivity contribution in [2.24, 2.45) is 0 Å². The average molecular weight is 314 g/mol. The fourth-order valence-corrected chi connectivity index (χ4v) is 6.10. The molecule has 2 aromatic carbocycles. The standard InChI is InChI=1S/C20H27OP/c1-3-4-5-8-13-18(2)22(21,19-14-9-6-10-15-19)20-16-11-7-12-17-20/h6-7,9-12,14-18H,3-5,8,13H2,1-2H3/t18-/m1/s1. The van der Waals surface area contributed by atoms with E-state index in [0.29, 0.717) is 0 Å². The van der Waals surface area contributed by atoms with Crippen LogP contribution >= 0.6 is 7.14 Å². The predicted molar refractivity (Wildman–Crippen MR) is 98.0 cm³/mol. The summed E-state index contributed by atoms with van der Waals surface area (Å²) in [5.74, 6) is 0. The van der Waals surface area contributed by atoms with Crippen LogP contribution in [0, 0.1) is 0 Å². The van der Waals surface area contributed by atoms with Crippen LogP contribution < -0.4 is 10.6 Å². The molecule has 0 N–H and O–H groups in total. The SMILES string of the molecule is CCCCCC[C@@H](C)P(=O)(c1ccccc1)c1ccccc1. The van der Waals surface area contributed by atoms with E-state index in [-0.39, 0.29) is 5.66 Å². The minimum atomic E-state index is -2.56. The van der Waals surface area contributed by atoms with Crippen LogP contribution in [0.15, 0.2) is 60.7 Å². The second-order valence-corrected chi connectivity index (χ2v) is 9.26. The fraction of sp³-hybridized carbons (Fsp3) is 0.400. The summed E-state index contributed by atoms with van der Waals surface area (Å²) in [6, 6.07) is 20.1. The molecule has 0 aliphatic heterocycles. The van der Waals surface area contributed by atoms with Crippen molar-refractivity contribution in [3.63, 3.8) is 0 Å². The molecular formula is C20H27OP. The predicted octanol–water partition coefficient (Wildman–Crippen LogP) is 5.36. The van der Waals surface area contributed by atoms with E-state index in [0.717, 1.165) is 17.0 Å². The number of hydrogen-bond acceptors (Lipinski definition) is 1. The molecule has 2 rings (SSSR count). The van der Waals surface area contributed by atoms with Gasteiger partial charge in [-0.3, -0.25) is 0 Å². The molecule has 1 atom stereocenters. The molecule has 0 aliphatic rings. The summed E-state index contributed by atoms with van der Waals surface area (Å²) in [7, 11) is -2.56. The smallest absolute Gasteiger partial charge is 0.145 e. The molecule has 0 fully saturated rings. The molecule has 0 radical (unpaired) electrons. The summed E-state index contributed by atoms with van der Waals surface area (Å²) in [4.78, 5) is 0. The van der Waals surface area contributed by atoms with E-state index in [1.54, 1.807) is 0 Å². The van der Waals surface area contributed by atoms with Gasteiger partial charge in [-0.1, -0.05) is 100 Å². The molecule has 0 bridgehead atoms. The molecule has 2 heteroatoms. The first-order chi connectivity index (χ1) is 10.7. The van der Waals surface area contributed by atoms with Crippen LogP contribution in [0.25, 0.3) is 0 Å². The lowest BCUT2D eigenvalue weighted by Crippen LogP contribution is -2.24. The van der Waals surface area contributed by atoms with Gasteiger partial charge in [0.15, 0.2) is 0 Å². The van der Waals surface area contributed by atoms with Crippen molar-refractivity contribution < 1.29 is 4.57 Å². The van der Waals surface area contributed by atoms with Gasteiger partial charge in [-0.05, 0) is 6.42 Å². The van der Waals surface area contributed by atoms with E-state index in [2.05, 4.69) is 13.8 Å². The van der Waals surface area contributed by atoms with Gasteiger partial charge in [-0.25, -0.2) is 0 Å². The molecule has 0 amide bonds. The quantitative estimate of drug-likeness (QED) is 0.473. The van der Waals surface area contributed by atoms with Crippen molar-refractivity contribution in [1.82, 2.24) is 0 Å². The highest BCUT2D eigenvalue weighted by molar-refractivity contribution is 7.79. The summed E-state index contributed by atoms with van der Waals surface area (Å²) in [5.41, 5.74) is 0.189. The second-order valence-electron chi connectivity index (χ2n) is 6.03. The largest absolute Gasteiger partial charge is 0.313 e. The van der Waals surface area contributed by atoms with Gasteiger partial charge in [0.1, 0.15) is 7.14 Å².